The molecule has 2 aliphatic rings. The molecule has 0 unspecified atom stereocenters. The third-order valence-electron chi connectivity index (χ3n) is 5.03. The quantitative estimate of drug-likeness (QED) is 0.918. The Morgan fingerprint density at radius 2 is 2.00 bits per heavy atom. The van der Waals surface area contributed by atoms with Crippen LogP contribution in [0, 0.1) is 5.41 Å². The zero-order chi connectivity index (χ0) is 17.2. The molecule has 1 aromatic rings. The summed E-state index contributed by atoms with van der Waals surface area (Å²) in [5, 5.41) is 3.37. The second-order valence-corrected chi connectivity index (χ2v) is 6.62. The molecular formula is C17H21F3N2O2. The molecule has 2 aliphatic heterocycles. The van der Waals surface area contributed by atoms with Crippen LogP contribution in [0.1, 0.15) is 24.8 Å². The highest BCUT2D eigenvalue weighted by molar-refractivity contribution is 5.77. The Morgan fingerprint density at radius 1 is 1.25 bits per heavy atom. The van der Waals surface area contributed by atoms with Crippen molar-refractivity contribution in [2.75, 3.05) is 32.8 Å². The first kappa shape index (κ1) is 17.1. The number of benzene rings is 1. The van der Waals surface area contributed by atoms with E-state index >= 15 is 0 Å². The van der Waals surface area contributed by atoms with Crippen LogP contribution < -0.4 is 10.1 Å². The third kappa shape index (κ3) is 3.83. The molecule has 0 aliphatic carbocycles. The van der Waals surface area contributed by atoms with Gasteiger partial charge in [0.25, 0.3) is 5.91 Å². The molecule has 2 saturated heterocycles. The molecule has 0 aromatic heterocycles. The number of nitrogens with zero attached hydrogens (tertiary/aromatic N) is 1. The van der Waals surface area contributed by atoms with Crippen molar-refractivity contribution in [3.63, 3.8) is 0 Å². The average Bonchev–Trinajstić information content (AvgIpc) is 3.01. The Morgan fingerprint density at radius 3 is 2.62 bits per heavy atom. The van der Waals surface area contributed by atoms with Crippen molar-refractivity contribution in [1.29, 1.82) is 0 Å². The zero-order valence-electron chi connectivity index (χ0n) is 13.4. The number of alkyl halides is 3. The predicted octanol–water partition coefficient (Wildman–Crippen LogP) is 2.69. The van der Waals surface area contributed by atoms with Crippen molar-refractivity contribution in [3.05, 3.63) is 29.8 Å². The summed E-state index contributed by atoms with van der Waals surface area (Å²) >= 11 is 0. The van der Waals surface area contributed by atoms with Gasteiger partial charge < -0.3 is 15.0 Å². The summed E-state index contributed by atoms with van der Waals surface area (Å²) in [5.41, 5.74) is -0.459. The highest BCUT2D eigenvalue weighted by atomic mass is 19.4. The number of carbonyl (C=O) groups excluding carboxylic acids is 1. The van der Waals surface area contributed by atoms with Gasteiger partial charge in [0.05, 0.1) is 5.56 Å². The first-order valence-corrected chi connectivity index (χ1v) is 8.17. The highest BCUT2D eigenvalue weighted by Gasteiger charge is 2.38. The molecule has 1 spiro atoms. The summed E-state index contributed by atoms with van der Waals surface area (Å²) in [4.78, 5) is 14.0. The van der Waals surface area contributed by atoms with Gasteiger partial charge in [0.2, 0.25) is 0 Å². The van der Waals surface area contributed by atoms with E-state index in [0.717, 1.165) is 44.5 Å². The Labute approximate surface area is 139 Å². The van der Waals surface area contributed by atoms with E-state index in [1.807, 2.05) is 0 Å². The molecule has 1 amide bonds. The number of amides is 1. The summed E-state index contributed by atoms with van der Waals surface area (Å²) in [6.07, 6.45) is -1.33. The molecule has 0 bridgehead atoms. The second-order valence-electron chi connectivity index (χ2n) is 6.62. The first-order valence-electron chi connectivity index (χ1n) is 8.17. The molecule has 24 heavy (non-hydrogen) atoms. The lowest BCUT2D eigenvalue weighted by Crippen LogP contribution is -2.45. The molecule has 7 heteroatoms. The van der Waals surface area contributed by atoms with Gasteiger partial charge in [-0.1, -0.05) is 6.07 Å². The van der Waals surface area contributed by atoms with Gasteiger partial charge in [-0.2, -0.15) is 13.2 Å². The number of piperidine rings is 1. The van der Waals surface area contributed by atoms with Crippen LogP contribution in [0.15, 0.2) is 24.3 Å². The van der Waals surface area contributed by atoms with Gasteiger partial charge in [-0.25, -0.2) is 0 Å². The lowest BCUT2D eigenvalue weighted by atomic mass is 9.78. The van der Waals surface area contributed by atoms with Crippen LogP contribution >= 0.6 is 0 Å². The summed E-state index contributed by atoms with van der Waals surface area (Å²) in [6, 6.07) is 4.61. The lowest BCUT2D eigenvalue weighted by molar-refractivity contribution is -0.137. The van der Waals surface area contributed by atoms with Crippen LogP contribution in [0.4, 0.5) is 13.2 Å². The third-order valence-corrected chi connectivity index (χ3v) is 5.03. The van der Waals surface area contributed by atoms with E-state index in [9.17, 15) is 18.0 Å². The minimum Gasteiger partial charge on any atom is -0.484 e. The molecule has 2 heterocycles. The molecule has 1 N–H and O–H groups in total. The van der Waals surface area contributed by atoms with E-state index in [2.05, 4.69) is 5.32 Å². The van der Waals surface area contributed by atoms with E-state index in [4.69, 9.17) is 4.74 Å². The van der Waals surface area contributed by atoms with E-state index in [-0.39, 0.29) is 18.3 Å². The van der Waals surface area contributed by atoms with Crippen molar-refractivity contribution in [2.24, 2.45) is 5.41 Å². The molecule has 2 fully saturated rings. The van der Waals surface area contributed by atoms with Crippen molar-refractivity contribution >= 4 is 5.91 Å². The number of hydrogen-bond donors (Lipinski definition) is 1. The maximum Gasteiger partial charge on any atom is 0.416 e. The van der Waals surface area contributed by atoms with Gasteiger partial charge >= 0.3 is 6.18 Å². The number of rotatable bonds is 3. The second kappa shape index (κ2) is 6.63. The summed E-state index contributed by atoms with van der Waals surface area (Å²) in [7, 11) is 0. The van der Waals surface area contributed by atoms with Crippen molar-refractivity contribution in [3.8, 4) is 5.75 Å². The molecule has 1 aromatic carbocycles. The summed E-state index contributed by atoms with van der Waals surface area (Å²) in [6.45, 7) is 3.19. The molecule has 3 rings (SSSR count). The van der Waals surface area contributed by atoms with E-state index in [0.29, 0.717) is 18.5 Å². The molecular weight excluding hydrogens is 321 g/mol. The van der Waals surface area contributed by atoms with Gasteiger partial charge in [-0.15, -0.1) is 0 Å². The van der Waals surface area contributed by atoms with Crippen molar-refractivity contribution in [2.45, 2.75) is 25.4 Å². The number of halogens is 3. The Kier molecular flexibility index (Phi) is 4.71. The van der Waals surface area contributed by atoms with Crippen LogP contribution in [0.3, 0.4) is 0 Å². The van der Waals surface area contributed by atoms with Crippen LogP contribution in [-0.2, 0) is 11.0 Å². The van der Waals surface area contributed by atoms with E-state index in [1.165, 1.54) is 12.1 Å². The van der Waals surface area contributed by atoms with Gasteiger partial charge in [0, 0.05) is 19.6 Å². The monoisotopic (exact) mass is 342 g/mol. The van der Waals surface area contributed by atoms with Crippen LogP contribution in [0.2, 0.25) is 0 Å². The molecule has 132 valence electrons. The van der Waals surface area contributed by atoms with Gasteiger partial charge in [-0.05, 0) is 49.4 Å². The summed E-state index contributed by atoms with van der Waals surface area (Å²) in [5.74, 6) is -0.111. The van der Waals surface area contributed by atoms with Crippen LogP contribution in [0.25, 0.3) is 0 Å². The number of ether oxygens (including phenoxy) is 1. The van der Waals surface area contributed by atoms with E-state index in [1.54, 1.807) is 4.90 Å². The SMILES string of the molecule is O=C(COc1cccc(C(F)(F)F)c1)N1CCC2(CCNC2)CC1. The Hall–Kier alpha value is -1.76. The maximum atomic E-state index is 12.7. The number of likely N-dealkylation sites (tertiary alicyclic amines) is 1. The zero-order valence-corrected chi connectivity index (χ0v) is 13.4. The average molecular weight is 342 g/mol. The fourth-order valence-electron chi connectivity index (χ4n) is 3.45. The minimum absolute atomic E-state index is 0.0617. The highest BCUT2D eigenvalue weighted by Crippen LogP contribution is 2.37. The predicted molar refractivity (Wildman–Crippen MR) is 82.7 cm³/mol. The van der Waals surface area contributed by atoms with Crippen LogP contribution in [-0.4, -0.2) is 43.6 Å². The van der Waals surface area contributed by atoms with Gasteiger partial charge in [0.15, 0.2) is 6.61 Å². The first-order chi connectivity index (χ1) is 11.4. The number of nitrogens with one attached hydrogen (secondary N) is 1. The topological polar surface area (TPSA) is 41.6 Å². The van der Waals surface area contributed by atoms with E-state index < -0.39 is 11.7 Å². The molecule has 0 saturated carbocycles. The lowest BCUT2D eigenvalue weighted by Gasteiger charge is -2.38. The smallest absolute Gasteiger partial charge is 0.416 e. The van der Waals surface area contributed by atoms with Gasteiger partial charge in [-0.3, -0.25) is 4.79 Å². The Bertz CT molecular complexity index is 588. The fraction of sp³-hybridized carbons (Fsp3) is 0.588. The molecule has 0 atom stereocenters. The maximum absolute atomic E-state index is 12.7. The van der Waals surface area contributed by atoms with Crippen LogP contribution in [0.5, 0.6) is 5.75 Å². The normalized spacial score (nSPS) is 20.4. The van der Waals surface area contributed by atoms with Gasteiger partial charge in [0.1, 0.15) is 5.75 Å². The number of carbonyl (C=O) groups is 1. The standard InChI is InChI=1S/C17H21F3N2O2/c18-17(19,20)13-2-1-3-14(10-13)24-11-15(23)22-8-5-16(6-9-22)4-7-21-12-16/h1-3,10,21H,4-9,11-12H2. The fourth-order valence-corrected chi connectivity index (χ4v) is 3.45. The summed E-state index contributed by atoms with van der Waals surface area (Å²) < 4.78 is 43.3. The molecule has 4 nitrogen and oxygen atoms in total. The van der Waals surface area contributed by atoms with Crippen molar-refractivity contribution in [1.82, 2.24) is 10.2 Å². The number of hydrogen-bond acceptors (Lipinski definition) is 3. The molecule has 0 radical (unpaired) electrons. The van der Waals surface area contributed by atoms with Crippen molar-refractivity contribution < 1.29 is 22.7 Å². The minimum atomic E-state index is -4.42. The Balaban J connectivity index is 1.51. The largest absolute Gasteiger partial charge is 0.484 e.